The first-order valence-corrected chi connectivity index (χ1v) is 7.26. The Kier molecular flexibility index (Phi) is 9.63. The van der Waals surface area contributed by atoms with E-state index in [1.54, 1.807) is 0 Å². The molecule has 1 heteroatoms. The van der Waals surface area contributed by atoms with Crippen molar-refractivity contribution >= 4 is 6.29 Å². The molecule has 18 heavy (non-hydrogen) atoms. The lowest BCUT2D eigenvalue weighted by Crippen LogP contribution is -2.07. The molecule has 2 atom stereocenters. The Morgan fingerprint density at radius 2 is 1.61 bits per heavy atom. The first-order valence-electron chi connectivity index (χ1n) is 7.26. The van der Waals surface area contributed by atoms with Crippen molar-refractivity contribution in [1.29, 1.82) is 0 Å². The number of rotatable bonds is 9. The van der Waals surface area contributed by atoms with E-state index in [0.717, 1.165) is 32.0 Å². The molecule has 0 rings (SSSR count). The van der Waals surface area contributed by atoms with Crippen LogP contribution in [0.3, 0.4) is 0 Å². The van der Waals surface area contributed by atoms with Crippen LogP contribution in [0.15, 0.2) is 23.3 Å². The number of aldehydes is 1. The third-order valence-corrected chi connectivity index (χ3v) is 3.87. The highest BCUT2D eigenvalue weighted by Crippen LogP contribution is 2.19. The Morgan fingerprint density at radius 3 is 2.17 bits per heavy atom. The molecular formula is C17H30O. The van der Waals surface area contributed by atoms with Gasteiger partial charge in [0.25, 0.3) is 0 Å². The highest BCUT2D eigenvalue weighted by Gasteiger charge is 2.09. The van der Waals surface area contributed by atoms with E-state index in [-0.39, 0.29) is 0 Å². The highest BCUT2D eigenvalue weighted by atomic mass is 16.1. The largest absolute Gasteiger partial charge is 0.303 e. The molecule has 0 aliphatic carbocycles. The highest BCUT2D eigenvalue weighted by molar-refractivity contribution is 5.49. The summed E-state index contributed by atoms with van der Waals surface area (Å²) < 4.78 is 0. The Bertz CT molecular complexity index is 286. The maximum atomic E-state index is 10.5. The van der Waals surface area contributed by atoms with Gasteiger partial charge in [0.1, 0.15) is 6.29 Å². The summed E-state index contributed by atoms with van der Waals surface area (Å²) in [4.78, 5) is 10.5. The quantitative estimate of drug-likeness (QED) is 0.400. The molecule has 0 aliphatic heterocycles. The van der Waals surface area contributed by atoms with Gasteiger partial charge in [-0.1, -0.05) is 44.1 Å². The van der Waals surface area contributed by atoms with E-state index >= 15 is 0 Å². The molecule has 0 N–H and O–H groups in total. The van der Waals surface area contributed by atoms with E-state index in [0.29, 0.717) is 18.3 Å². The predicted octanol–water partition coefficient (Wildman–Crippen LogP) is 5.32. The van der Waals surface area contributed by atoms with Crippen molar-refractivity contribution in [2.45, 2.75) is 66.7 Å². The molecule has 0 amide bonds. The second-order valence-corrected chi connectivity index (χ2v) is 5.59. The maximum Gasteiger partial charge on any atom is 0.120 e. The van der Waals surface area contributed by atoms with Gasteiger partial charge in [-0.05, 0) is 51.4 Å². The summed E-state index contributed by atoms with van der Waals surface area (Å²) in [6.45, 7) is 11.0. The van der Waals surface area contributed by atoms with Crippen LogP contribution >= 0.6 is 0 Å². The summed E-state index contributed by atoms with van der Waals surface area (Å²) in [5.41, 5.74) is 2.95. The van der Waals surface area contributed by atoms with Crippen LogP contribution in [0.2, 0.25) is 0 Å². The van der Waals surface area contributed by atoms with Gasteiger partial charge in [-0.25, -0.2) is 0 Å². The zero-order chi connectivity index (χ0) is 14.0. The van der Waals surface area contributed by atoms with Gasteiger partial charge in [-0.3, -0.25) is 0 Å². The van der Waals surface area contributed by atoms with Crippen LogP contribution in [0.1, 0.15) is 66.7 Å². The smallest absolute Gasteiger partial charge is 0.120 e. The average Bonchev–Trinajstić information content (AvgIpc) is 2.35. The molecule has 0 aromatic rings. The Labute approximate surface area is 113 Å². The van der Waals surface area contributed by atoms with Gasteiger partial charge in [0, 0.05) is 6.42 Å². The fourth-order valence-corrected chi connectivity index (χ4v) is 1.80. The molecule has 2 unspecified atom stereocenters. The van der Waals surface area contributed by atoms with Crippen LogP contribution in [0.5, 0.6) is 0 Å². The summed E-state index contributed by atoms with van der Waals surface area (Å²) in [6.07, 6.45) is 11.0. The van der Waals surface area contributed by atoms with Gasteiger partial charge >= 0.3 is 0 Å². The van der Waals surface area contributed by atoms with Crippen LogP contribution in [0.25, 0.3) is 0 Å². The zero-order valence-electron chi connectivity index (χ0n) is 12.8. The van der Waals surface area contributed by atoms with Gasteiger partial charge in [0.2, 0.25) is 0 Å². The third kappa shape index (κ3) is 8.27. The SMILES string of the molecule is CC/C(C)=C/CC/C(C)=C/CC(C)C(C)CC=O. The minimum absolute atomic E-state index is 0.494. The fourth-order valence-electron chi connectivity index (χ4n) is 1.80. The molecule has 0 radical (unpaired) electrons. The molecule has 1 nitrogen and oxygen atoms in total. The topological polar surface area (TPSA) is 17.1 Å². The summed E-state index contributed by atoms with van der Waals surface area (Å²) in [5.74, 6) is 1.09. The molecular weight excluding hydrogens is 220 g/mol. The zero-order valence-corrected chi connectivity index (χ0v) is 12.8. The van der Waals surface area contributed by atoms with E-state index in [1.807, 2.05) is 0 Å². The number of carbonyl (C=O) groups is 1. The van der Waals surface area contributed by atoms with E-state index in [4.69, 9.17) is 0 Å². The van der Waals surface area contributed by atoms with Crippen molar-refractivity contribution in [2.75, 3.05) is 0 Å². The van der Waals surface area contributed by atoms with Gasteiger partial charge in [0.15, 0.2) is 0 Å². The molecule has 0 saturated carbocycles. The summed E-state index contributed by atoms with van der Waals surface area (Å²) in [5, 5.41) is 0. The minimum atomic E-state index is 0.494. The Morgan fingerprint density at radius 1 is 1.00 bits per heavy atom. The van der Waals surface area contributed by atoms with Crippen LogP contribution in [0, 0.1) is 11.8 Å². The monoisotopic (exact) mass is 250 g/mol. The molecule has 0 aromatic carbocycles. The lowest BCUT2D eigenvalue weighted by molar-refractivity contribution is -0.108. The van der Waals surface area contributed by atoms with E-state index < -0.39 is 0 Å². The van der Waals surface area contributed by atoms with Crippen molar-refractivity contribution in [1.82, 2.24) is 0 Å². The minimum Gasteiger partial charge on any atom is -0.303 e. The molecule has 0 aliphatic rings. The van der Waals surface area contributed by atoms with Gasteiger partial charge in [-0.15, -0.1) is 0 Å². The lowest BCUT2D eigenvalue weighted by atomic mass is 9.90. The first kappa shape index (κ1) is 17.2. The molecule has 0 heterocycles. The molecule has 0 aromatic heterocycles. The predicted molar refractivity (Wildman–Crippen MR) is 80.7 cm³/mol. The van der Waals surface area contributed by atoms with Crippen molar-refractivity contribution in [3.05, 3.63) is 23.3 Å². The van der Waals surface area contributed by atoms with Crippen molar-refractivity contribution in [3.63, 3.8) is 0 Å². The second kappa shape index (κ2) is 10.1. The summed E-state index contributed by atoms with van der Waals surface area (Å²) >= 11 is 0. The molecule has 0 saturated heterocycles. The summed E-state index contributed by atoms with van der Waals surface area (Å²) in [7, 11) is 0. The second-order valence-electron chi connectivity index (χ2n) is 5.59. The van der Waals surface area contributed by atoms with Crippen LogP contribution in [-0.2, 0) is 4.79 Å². The Hall–Kier alpha value is -0.850. The van der Waals surface area contributed by atoms with E-state index in [2.05, 4.69) is 46.8 Å². The molecule has 104 valence electrons. The summed E-state index contributed by atoms with van der Waals surface area (Å²) in [6, 6.07) is 0. The lowest BCUT2D eigenvalue weighted by Gasteiger charge is -2.15. The van der Waals surface area contributed by atoms with Crippen molar-refractivity contribution < 1.29 is 4.79 Å². The van der Waals surface area contributed by atoms with Crippen LogP contribution in [0.4, 0.5) is 0 Å². The van der Waals surface area contributed by atoms with Gasteiger partial charge < -0.3 is 4.79 Å². The molecule has 0 spiro atoms. The number of hydrogen-bond acceptors (Lipinski definition) is 1. The van der Waals surface area contributed by atoms with E-state index in [9.17, 15) is 4.79 Å². The van der Waals surface area contributed by atoms with Crippen molar-refractivity contribution in [2.24, 2.45) is 11.8 Å². The van der Waals surface area contributed by atoms with E-state index in [1.165, 1.54) is 11.1 Å². The average molecular weight is 250 g/mol. The number of carbonyl (C=O) groups excluding carboxylic acids is 1. The van der Waals surface area contributed by atoms with Crippen LogP contribution in [-0.4, -0.2) is 6.29 Å². The third-order valence-electron chi connectivity index (χ3n) is 3.87. The van der Waals surface area contributed by atoms with Crippen molar-refractivity contribution in [3.8, 4) is 0 Å². The number of hydrogen-bond donors (Lipinski definition) is 0. The fraction of sp³-hybridized carbons (Fsp3) is 0.706. The maximum absolute atomic E-state index is 10.5. The first-order chi connectivity index (χ1) is 8.51. The molecule has 0 fully saturated rings. The Balaban J connectivity index is 4.00. The number of allylic oxidation sites excluding steroid dienone is 4. The van der Waals surface area contributed by atoms with Gasteiger partial charge in [-0.2, -0.15) is 0 Å². The van der Waals surface area contributed by atoms with Crippen LogP contribution < -0.4 is 0 Å². The normalized spacial score (nSPS) is 16.5. The molecule has 0 bridgehead atoms. The standard InChI is InChI=1S/C17H30O/c1-6-14(2)8-7-9-15(3)10-11-16(4)17(5)12-13-18/h8,10,13,16-17H,6-7,9,11-12H2,1-5H3/b14-8+,15-10+. The van der Waals surface area contributed by atoms with Gasteiger partial charge in [0.05, 0.1) is 0 Å².